The molecule has 43 heavy (non-hydrogen) atoms. The third-order valence-electron chi connectivity index (χ3n) is 7.25. The van der Waals surface area contributed by atoms with Gasteiger partial charge in [0.2, 0.25) is 0 Å². The molecule has 0 saturated carbocycles. The first-order valence-electron chi connectivity index (χ1n) is 14.0. The molecule has 0 aromatic heterocycles. The number of unbranched alkanes of at least 4 members (excludes halogenated alkanes) is 2. The van der Waals surface area contributed by atoms with Gasteiger partial charge in [0.1, 0.15) is 28.8 Å². The molecule has 0 amide bonds. The molecule has 0 atom stereocenters. The van der Waals surface area contributed by atoms with Crippen LogP contribution in [0, 0.1) is 17.5 Å². The minimum Gasteiger partial charge on any atom is -0.429 e. The van der Waals surface area contributed by atoms with Gasteiger partial charge >= 0.3 is 6.11 Å². The van der Waals surface area contributed by atoms with E-state index in [2.05, 4.69) is 23.8 Å². The maximum atomic E-state index is 15.2. The normalized spacial score (nSPS) is 11.5. The molecular formula is C36H28ClF5O. The predicted octanol–water partition coefficient (Wildman–Crippen LogP) is 11.6. The molecule has 0 fully saturated rings. The second kappa shape index (κ2) is 13.0. The topological polar surface area (TPSA) is 9.23 Å². The van der Waals surface area contributed by atoms with Crippen molar-refractivity contribution in [3.8, 4) is 39.1 Å². The predicted molar refractivity (Wildman–Crippen MR) is 162 cm³/mol. The van der Waals surface area contributed by atoms with Crippen LogP contribution in [0.1, 0.15) is 37.3 Å². The maximum absolute atomic E-state index is 15.2. The van der Waals surface area contributed by atoms with Gasteiger partial charge in [0.05, 0.1) is 0 Å². The van der Waals surface area contributed by atoms with E-state index in [4.69, 9.17) is 11.6 Å². The highest BCUT2D eigenvalue weighted by Crippen LogP contribution is 2.38. The van der Waals surface area contributed by atoms with Crippen LogP contribution in [0.5, 0.6) is 5.75 Å². The highest BCUT2D eigenvalue weighted by Gasteiger charge is 2.41. The monoisotopic (exact) mass is 606 g/mol. The summed E-state index contributed by atoms with van der Waals surface area (Å²) in [6.07, 6.45) is 0.246. The van der Waals surface area contributed by atoms with E-state index in [1.165, 1.54) is 48.7 Å². The van der Waals surface area contributed by atoms with E-state index in [0.29, 0.717) is 21.7 Å². The number of alkyl halides is 2. The molecule has 5 aromatic carbocycles. The summed E-state index contributed by atoms with van der Waals surface area (Å²) < 4.78 is 78.9. The first kappa shape index (κ1) is 30.3. The standard InChI is InChI=1S/C36H28ClF5O/c1-2-3-4-5-23-6-8-24(9-7-23)27-14-19-31(32(38)20-27)26-12-10-25(11-13-26)28-21-33(39)35(34(40)22-28)36(41,42)43-30-17-15-29(37)16-18-30/h6-22H,2-5H2,1H3. The largest absolute Gasteiger partial charge is 0.432 e. The molecule has 0 spiro atoms. The fourth-order valence-corrected chi connectivity index (χ4v) is 5.06. The Labute approximate surface area is 252 Å². The van der Waals surface area contributed by atoms with Crippen LogP contribution in [-0.2, 0) is 12.5 Å². The molecule has 7 heteroatoms. The van der Waals surface area contributed by atoms with Crippen molar-refractivity contribution in [1.82, 2.24) is 0 Å². The number of hydrogen-bond acceptors (Lipinski definition) is 1. The fraction of sp³-hybridized carbons (Fsp3) is 0.167. The number of hydrogen-bond donors (Lipinski definition) is 0. The van der Waals surface area contributed by atoms with Gasteiger partial charge in [0, 0.05) is 10.6 Å². The Kier molecular flexibility index (Phi) is 9.16. The Hall–Kier alpha value is -4.16. The fourth-order valence-electron chi connectivity index (χ4n) is 4.93. The Morgan fingerprint density at radius 3 is 1.74 bits per heavy atom. The second-order valence-electron chi connectivity index (χ2n) is 10.3. The number of rotatable bonds is 10. The second-order valence-corrected chi connectivity index (χ2v) is 10.8. The summed E-state index contributed by atoms with van der Waals surface area (Å²) in [4.78, 5) is 0. The van der Waals surface area contributed by atoms with Crippen molar-refractivity contribution in [3.05, 3.63) is 137 Å². The smallest absolute Gasteiger partial charge is 0.429 e. The van der Waals surface area contributed by atoms with Gasteiger partial charge in [-0.1, -0.05) is 92.0 Å². The zero-order valence-corrected chi connectivity index (χ0v) is 24.1. The van der Waals surface area contributed by atoms with Gasteiger partial charge in [0.25, 0.3) is 0 Å². The molecule has 0 aliphatic heterocycles. The van der Waals surface area contributed by atoms with Crippen LogP contribution in [0.2, 0.25) is 5.02 Å². The molecule has 1 nitrogen and oxygen atoms in total. The van der Waals surface area contributed by atoms with Gasteiger partial charge in [-0.2, -0.15) is 8.78 Å². The first-order chi connectivity index (χ1) is 20.6. The van der Waals surface area contributed by atoms with Gasteiger partial charge in [-0.05, 0) is 88.7 Å². The van der Waals surface area contributed by atoms with Crippen LogP contribution in [0.4, 0.5) is 22.0 Å². The summed E-state index contributed by atoms with van der Waals surface area (Å²) >= 11 is 5.75. The molecule has 0 bridgehead atoms. The molecule has 220 valence electrons. The lowest BCUT2D eigenvalue weighted by Crippen LogP contribution is -2.25. The summed E-state index contributed by atoms with van der Waals surface area (Å²) in [6.45, 7) is 2.17. The van der Waals surface area contributed by atoms with Crippen LogP contribution in [-0.4, -0.2) is 0 Å². The van der Waals surface area contributed by atoms with E-state index in [-0.39, 0.29) is 11.3 Å². The Bertz CT molecular complexity index is 1680. The lowest BCUT2D eigenvalue weighted by atomic mass is 9.96. The van der Waals surface area contributed by atoms with E-state index in [0.717, 1.165) is 36.1 Å². The minimum atomic E-state index is -4.27. The third-order valence-corrected chi connectivity index (χ3v) is 7.50. The van der Waals surface area contributed by atoms with E-state index < -0.39 is 29.1 Å². The highest BCUT2D eigenvalue weighted by atomic mass is 35.5. The summed E-state index contributed by atoms with van der Waals surface area (Å²) in [5.41, 5.74) is 2.74. The van der Waals surface area contributed by atoms with Gasteiger partial charge in [0.15, 0.2) is 0 Å². The molecular weight excluding hydrogens is 579 g/mol. The molecule has 0 heterocycles. The first-order valence-corrected chi connectivity index (χ1v) is 14.3. The third kappa shape index (κ3) is 7.08. The lowest BCUT2D eigenvalue weighted by Gasteiger charge is -2.20. The van der Waals surface area contributed by atoms with E-state index in [9.17, 15) is 17.6 Å². The molecule has 0 saturated heterocycles. The minimum absolute atomic E-state index is 0.0431. The average molecular weight is 607 g/mol. The van der Waals surface area contributed by atoms with Crippen molar-refractivity contribution in [2.24, 2.45) is 0 Å². The van der Waals surface area contributed by atoms with Crippen molar-refractivity contribution in [3.63, 3.8) is 0 Å². The Morgan fingerprint density at radius 1 is 0.605 bits per heavy atom. The van der Waals surface area contributed by atoms with Gasteiger partial charge < -0.3 is 4.74 Å². The molecule has 0 unspecified atom stereocenters. The highest BCUT2D eigenvalue weighted by molar-refractivity contribution is 6.30. The summed E-state index contributed by atoms with van der Waals surface area (Å²) in [7, 11) is 0. The van der Waals surface area contributed by atoms with Gasteiger partial charge in [-0.15, -0.1) is 0 Å². The van der Waals surface area contributed by atoms with Crippen molar-refractivity contribution >= 4 is 11.6 Å². The molecule has 0 radical (unpaired) electrons. The molecule has 0 aliphatic rings. The van der Waals surface area contributed by atoms with Crippen LogP contribution in [0.25, 0.3) is 33.4 Å². The lowest BCUT2D eigenvalue weighted by molar-refractivity contribution is -0.189. The number of ether oxygens (including phenoxy) is 1. The van der Waals surface area contributed by atoms with E-state index >= 15 is 4.39 Å². The summed E-state index contributed by atoms with van der Waals surface area (Å²) in [5, 5.41) is 0.293. The van der Waals surface area contributed by atoms with Crippen LogP contribution in [0.3, 0.4) is 0 Å². The van der Waals surface area contributed by atoms with Crippen molar-refractivity contribution in [2.45, 2.75) is 38.7 Å². The van der Waals surface area contributed by atoms with Crippen LogP contribution in [0.15, 0.2) is 103 Å². The van der Waals surface area contributed by atoms with E-state index in [1.807, 2.05) is 18.2 Å². The molecule has 0 aliphatic carbocycles. The Balaban J connectivity index is 1.33. The summed E-state index contributed by atoms with van der Waals surface area (Å²) in [6, 6.07) is 26.1. The molecule has 5 aromatic rings. The zero-order valence-electron chi connectivity index (χ0n) is 23.3. The van der Waals surface area contributed by atoms with Gasteiger partial charge in [-0.25, -0.2) is 13.2 Å². The summed E-state index contributed by atoms with van der Waals surface area (Å²) in [5.74, 6) is -3.65. The van der Waals surface area contributed by atoms with Crippen molar-refractivity contribution < 1.29 is 26.7 Å². The number of benzene rings is 5. The van der Waals surface area contributed by atoms with Gasteiger partial charge in [-0.3, -0.25) is 0 Å². The number of aryl methyl sites for hydroxylation is 1. The number of halogens is 6. The maximum Gasteiger partial charge on any atom is 0.432 e. The van der Waals surface area contributed by atoms with E-state index in [1.54, 1.807) is 30.3 Å². The molecule has 5 rings (SSSR count). The SMILES string of the molecule is CCCCCc1ccc(-c2ccc(-c3ccc(-c4cc(F)c(C(F)(F)Oc5ccc(Cl)cc5)c(F)c4)cc3)c(F)c2)cc1. The Morgan fingerprint density at radius 2 is 1.14 bits per heavy atom. The quantitative estimate of drug-likeness (QED) is 0.113. The van der Waals surface area contributed by atoms with Crippen LogP contribution < -0.4 is 4.74 Å². The van der Waals surface area contributed by atoms with Crippen LogP contribution >= 0.6 is 11.6 Å². The zero-order chi connectivity index (χ0) is 30.6. The van der Waals surface area contributed by atoms with Crippen molar-refractivity contribution in [1.29, 1.82) is 0 Å². The van der Waals surface area contributed by atoms with Crippen molar-refractivity contribution in [2.75, 3.05) is 0 Å². The molecule has 0 N–H and O–H groups in total. The average Bonchev–Trinajstić information content (AvgIpc) is 2.98.